The number of carbonyl (C=O) groups excluding carboxylic acids is 1. The molecule has 1 amide bonds. The van der Waals surface area contributed by atoms with Crippen molar-refractivity contribution in [2.45, 2.75) is 26.3 Å². The van der Waals surface area contributed by atoms with Gasteiger partial charge in [0.15, 0.2) is 0 Å². The Hall–Kier alpha value is -1.85. The quantitative estimate of drug-likeness (QED) is 0.846. The van der Waals surface area contributed by atoms with Crippen LogP contribution >= 0.6 is 0 Å². The molecular formula is C12H17N3O3. The van der Waals surface area contributed by atoms with Crippen molar-refractivity contribution in [3.05, 3.63) is 18.0 Å². The predicted molar refractivity (Wildman–Crippen MR) is 63.9 cm³/mol. The average molecular weight is 251 g/mol. The SMILES string of the molecule is Cc1cnn(CCC(=O)N2CCC(C(=O)O)C2)c1. The number of aromatic nitrogens is 2. The maximum atomic E-state index is 11.9. The van der Waals surface area contributed by atoms with E-state index in [2.05, 4.69) is 5.10 Å². The third-order valence-corrected chi connectivity index (χ3v) is 3.21. The van der Waals surface area contributed by atoms with Gasteiger partial charge in [-0.05, 0) is 18.9 Å². The summed E-state index contributed by atoms with van der Waals surface area (Å²) in [6.45, 7) is 3.38. The van der Waals surface area contributed by atoms with Gasteiger partial charge < -0.3 is 10.0 Å². The van der Waals surface area contributed by atoms with E-state index in [1.165, 1.54) is 0 Å². The second-order valence-corrected chi connectivity index (χ2v) is 4.69. The Morgan fingerprint density at radius 1 is 1.56 bits per heavy atom. The van der Waals surface area contributed by atoms with Crippen molar-refractivity contribution >= 4 is 11.9 Å². The van der Waals surface area contributed by atoms with Gasteiger partial charge in [0.1, 0.15) is 0 Å². The van der Waals surface area contributed by atoms with Crippen molar-refractivity contribution in [3.63, 3.8) is 0 Å². The molecular weight excluding hydrogens is 234 g/mol. The van der Waals surface area contributed by atoms with E-state index in [-0.39, 0.29) is 5.91 Å². The van der Waals surface area contributed by atoms with Crippen molar-refractivity contribution in [2.75, 3.05) is 13.1 Å². The number of carboxylic acid groups (broad SMARTS) is 1. The smallest absolute Gasteiger partial charge is 0.308 e. The van der Waals surface area contributed by atoms with E-state index in [0.29, 0.717) is 32.5 Å². The topological polar surface area (TPSA) is 75.4 Å². The second kappa shape index (κ2) is 5.20. The Kier molecular flexibility index (Phi) is 3.64. The molecule has 1 N–H and O–H groups in total. The molecule has 1 aliphatic rings. The van der Waals surface area contributed by atoms with Gasteiger partial charge in [0.2, 0.25) is 5.91 Å². The molecule has 18 heavy (non-hydrogen) atoms. The number of rotatable bonds is 4. The van der Waals surface area contributed by atoms with Gasteiger partial charge in [-0.1, -0.05) is 0 Å². The minimum atomic E-state index is -0.812. The zero-order valence-electron chi connectivity index (χ0n) is 10.4. The van der Waals surface area contributed by atoms with Crippen LogP contribution in [0.15, 0.2) is 12.4 Å². The summed E-state index contributed by atoms with van der Waals surface area (Å²) in [5.74, 6) is -1.21. The molecule has 0 spiro atoms. The van der Waals surface area contributed by atoms with Gasteiger partial charge in [0.05, 0.1) is 12.1 Å². The zero-order valence-corrected chi connectivity index (χ0v) is 10.4. The van der Waals surface area contributed by atoms with E-state index < -0.39 is 11.9 Å². The molecule has 1 atom stereocenters. The summed E-state index contributed by atoms with van der Waals surface area (Å²) in [5, 5.41) is 13.0. The van der Waals surface area contributed by atoms with Crippen LogP contribution in [0.25, 0.3) is 0 Å². The molecule has 6 heteroatoms. The van der Waals surface area contributed by atoms with Gasteiger partial charge >= 0.3 is 5.97 Å². The molecule has 2 heterocycles. The van der Waals surface area contributed by atoms with Crippen LogP contribution in [0.3, 0.4) is 0 Å². The molecule has 1 saturated heterocycles. The van der Waals surface area contributed by atoms with E-state index in [9.17, 15) is 9.59 Å². The highest BCUT2D eigenvalue weighted by atomic mass is 16.4. The van der Waals surface area contributed by atoms with Crippen LogP contribution in [0.5, 0.6) is 0 Å². The van der Waals surface area contributed by atoms with Crippen LogP contribution in [-0.4, -0.2) is 44.8 Å². The Bertz CT molecular complexity index is 455. The maximum absolute atomic E-state index is 11.9. The fraction of sp³-hybridized carbons (Fsp3) is 0.583. The van der Waals surface area contributed by atoms with Crippen molar-refractivity contribution < 1.29 is 14.7 Å². The summed E-state index contributed by atoms with van der Waals surface area (Å²) in [4.78, 5) is 24.3. The molecule has 2 rings (SSSR count). The summed E-state index contributed by atoms with van der Waals surface area (Å²) in [6, 6.07) is 0. The average Bonchev–Trinajstić information content (AvgIpc) is 2.94. The van der Waals surface area contributed by atoms with Crippen LogP contribution < -0.4 is 0 Å². The summed E-state index contributed by atoms with van der Waals surface area (Å²) >= 11 is 0. The number of hydrogen-bond donors (Lipinski definition) is 1. The van der Waals surface area contributed by atoms with E-state index in [4.69, 9.17) is 5.11 Å². The number of likely N-dealkylation sites (tertiary alicyclic amines) is 1. The minimum Gasteiger partial charge on any atom is -0.481 e. The zero-order chi connectivity index (χ0) is 13.1. The molecule has 1 unspecified atom stereocenters. The Morgan fingerprint density at radius 2 is 2.33 bits per heavy atom. The fourth-order valence-electron chi connectivity index (χ4n) is 2.15. The Labute approximate surface area is 105 Å². The van der Waals surface area contributed by atoms with E-state index in [1.54, 1.807) is 15.8 Å². The number of amides is 1. The lowest BCUT2D eigenvalue weighted by Gasteiger charge is -2.15. The van der Waals surface area contributed by atoms with Crippen LogP contribution in [-0.2, 0) is 16.1 Å². The first-order valence-corrected chi connectivity index (χ1v) is 6.06. The van der Waals surface area contributed by atoms with Crippen LogP contribution in [0.4, 0.5) is 0 Å². The normalized spacial score (nSPS) is 19.2. The first-order valence-electron chi connectivity index (χ1n) is 6.06. The number of aryl methyl sites for hydroxylation is 2. The van der Waals surface area contributed by atoms with Crippen LogP contribution in [0.2, 0.25) is 0 Å². The fourth-order valence-corrected chi connectivity index (χ4v) is 2.15. The van der Waals surface area contributed by atoms with Gasteiger partial charge in [-0.3, -0.25) is 14.3 Å². The predicted octanol–water partition coefficient (Wildman–Crippen LogP) is 0.515. The lowest BCUT2D eigenvalue weighted by atomic mass is 10.1. The highest BCUT2D eigenvalue weighted by molar-refractivity contribution is 5.78. The van der Waals surface area contributed by atoms with Gasteiger partial charge in [0, 0.05) is 32.3 Å². The van der Waals surface area contributed by atoms with Crippen molar-refractivity contribution in [1.82, 2.24) is 14.7 Å². The summed E-state index contributed by atoms with van der Waals surface area (Å²) in [7, 11) is 0. The molecule has 1 aliphatic heterocycles. The van der Waals surface area contributed by atoms with E-state index >= 15 is 0 Å². The highest BCUT2D eigenvalue weighted by Crippen LogP contribution is 2.17. The van der Waals surface area contributed by atoms with Gasteiger partial charge in [0.25, 0.3) is 0 Å². The molecule has 98 valence electrons. The van der Waals surface area contributed by atoms with Crippen molar-refractivity contribution in [3.8, 4) is 0 Å². The first-order chi connectivity index (χ1) is 8.56. The maximum Gasteiger partial charge on any atom is 0.308 e. The lowest BCUT2D eigenvalue weighted by molar-refractivity contribution is -0.141. The third kappa shape index (κ3) is 2.88. The minimum absolute atomic E-state index is 0.00639. The molecule has 6 nitrogen and oxygen atoms in total. The molecule has 0 aromatic carbocycles. The van der Waals surface area contributed by atoms with Gasteiger partial charge in [-0.25, -0.2) is 0 Å². The van der Waals surface area contributed by atoms with Crippen LogP contribution in [0.1, 0.15) is 18.4 Å². The van der Waals surface area contributed by atoms with E-state index in [1.807, 2.05) is 13.1 Å². The molecule has 1 aromatic rings. The number of nitrogens with zero attached hydrogens (tertiary/aromatic N) is 3. The monoisotopic (exact) mass is 251 g/mol. The van der Waals surface area contributed by atoms with Crippen molar-refractivity contribution in [2.24, 2.45) is 5.92 Å². The summed E-state index contributed by atoms with van der Waals surface area (Å²) in [6.07, 6.45) is 4.56. The molecule has 1 aromatic heterocycles. The first kappa shape index (κ1) is 12.6. The molecule has 0 radical (unpaired) electrons. The second-order valence-electron chi connectivity index (χ2n) is 4.69. The van der Waals surface area contributed by atoms with Gasteiger partial charge in [-0.15, -0.1) is 0 Å². The molecule has 0 saturated carbocycles. The summed E-state index contributed by atoms with van der Waals surface area (Å²) < 4.78 is 1.73. The highest BCUT2D eigenvalue weighted by Gasteiger charge is 2.30. The standard InChI is InChI=1S/C12H17N3O3/c1-9-6-13-15(7-9)5-3-11(16)14-4-2-10(8-14)12(17)18/h6-7,10H,2-5,8H2,1H3,(H,17,18). The Balaban J connectivity index is 1.80. The van der Waals surface area contributed by atoms with E-state index in [0.717, 1.165) is 5.56 Å². The number of carboxylic acids is 1. The number of aliphatic carboxylic acids is 1. The molecule has 0 aliphatic carbocycles. The number of carbonyl (C=O) groups is 2. The van der Waals surface area contributed by atoms with Crippen LogP contribution in [0, 0.1) is 12.8 Å². The molecule has 1 fully saturated rings. The third-order valence-electron chi connectivity index (χ3n) is 3.21. The van der Waals surface area contributed by atoms with Gasteiger partial charge in [-0.2, -0.15) is 5.10 Å². The molecule has 0 bridgehead atoms. The lowest BCUT2D eigenvalue weighted by Crippen LogP contribution is -2.30. The summed E-state index contributed by atoms with van der Waals surface area (Å²) in [5.41, 5.74) is 1.06. The largest absolute Gasteiger partial charge is 0.481 e. The number of hydrogen-bond acceptors (Lipinski definition) is 3. The Morgan fingerprint density at radius 3 is 2.89 bits per heavy atom. The van der Waals surface area contributed by atoms with Crippen molar-refractivity contribution in [1.29, 1.82) is 0 Å².